The van der Waals surface area contributed by atoms with Gasteiger partial charge in [-0.3, -0.25) is 0 Å². The third-order valence-corrected chi connectivity index (χ3v) is 2.50. The second-order valence-corrected chi connectivity index (χ2v) is 3.57. The summed E-state index contributed by atoms with van der Waals surface area (Å²) in [6.07, 6.45) is 0.0217. The summed E-state index contributed by atoms with van der Waals surface area (Å²) >= 11 is 0. The van der Waals surface area contributed by atoms with Crippen LogP contribution in [0.15, 0.2) is 12.2 Å². The lowest BCUT2D eigenvalue weighted by Gasteiger charge is -2.32. The van der Waals surface area contributed by atoms with Crippen molar-refractivity contribution >= 4 is 0 Å². The predicted molar refractivity (Wildman–Crippen MR) is 41.6 cm³/mol. The molecule has 3 atom stereocenters. The van der Waals surface area contributed by atoms with E-state index in [0.717, 1.165) is 0 Å². The molecule has 0 aliphatic heterocycles. The Hall–Kier alpha value is -0.470. The largest absolute Gasteiger partial charge is 0.392 e. The van der Waals surface area contributed by atoms with Crippen molar-refractivity contribution in [2.24, 2.45) is 17.8 Å². The molecule has 0 N–H and O–H groups in total. The fourth-order valence-electron chi connectivity index (χ4n) is 1.91. The molecule has 3 unspecified atom stereocenters. The van der Waals surface area contributed by atoms with Crippen molar-refractivity contribution in [3.05, 3.63) is 12.2 Å². The SMILES string of the molecule is CC1C=CCC(C)C1C(F)(F)F. The highest BCUT2D eigenvalue weighted by atomic mass is 19.4. The quantitative estimate of drug-likeness (QED) is 0.499. The van der Waals surface area contributed by atoms with E-state index in [1.807, 2.05) is 6.08 Å². The molecule has 12 heavy (non-hydrogen) atoms. The van der Waals surface area contributed by atoms with Gasteiger partial charge in [0.05, 0.1) is 5.92 Å². The maximum Gasteiger partial charge on any atom is 0.392 e. The molecule has 1 rings (SSSR count). The van der Waals surface area contributed by atoms with Crippen LogP contribution in [0.2, 0.25) is 0 Å². The monoisotopic (exact) mass is 178 g/mol. The van der Waals surface area contributed by atoms with Gasteiger partial charge in [0, 0.05) is 0 Å². The summed E-state index contributed by atoms with van der Waals surface area (Å²) in [5.41, 5.74) is 0. The highest BCUT2D eigenvalue weighted by Gasteiger charge is 2.45. The van der Waals surface area contributed by atoms with E-state index in [1.54, 1.807) is 19.9 Å². The third-order valence-electron chi connectivity index (χ3n) is 2.50. The van der Waals surface area contributed by atoms with Gasteiger partial charge in [0.1, 0.15) is 0 Å². The fourth-order valence-corrected chi connectivity index (χ4v) is 1.91. The first-order valence-electron chi connectivity index (χ1n) is 4.16. The highest BCUT2D eigenvalue weighted by molar-refractivity contribution is 4.99. The summed E-state index contributed by atoms with van der Waals surface area (Å²) in [6.45, 7) is 3.29. The molecule has 0 radical (unpaired) electrons. The summed E-state index contributed by atoms with van der Waals surface area (Å²) in [6, 6.07) is 0. The number of alkyl halides is 3. The highest BCUT2D eigenvalue weighted by Crippen LogP contribution is 2.41. The van der Waals surface area contributed by atoms with Crippen LogP contribution in [-0.4, -0.2) is 6.18 Å². The lowest BCUT2D eigenvalue weighted by Crippen LogP contribution is -2.35. The molecule has 1 aliphatic carbocycles. The van der Waals surface area contributed by atoms with Crippen molar-refractivity contribution in [1.82, 2.24) is 0 Å². The number of hydrogen-bond acceptors (Lipinski definition) is 0. The van der Waals surface area contributed by atoms with Gasteiger partial charge < -0.3 is 0 Å². The van der Waals surface area contributed by atoms with Gasteiger partial charge in [-0.15, -0.1) is 0 Å². The normalized spacial score (nSPS) is 36.9. The van der Waals surface area contributed by atoms with Gasteiger partial charge in [-0.1, -0.05) is 26.0 Å². The zero-order chi connectivity index (χ0) is 9.35. The zero-order valence-corrected chi connectivity index (χ0v) is 7.23. The molecule has 0 amide bonds. The van der Waals surface area contributed by atoms with E-state index in [2.05, 4.69) is 0 Å². The molecule has 0 heterocycles. The van der Waals surface area contributed by atoms with Crippen LogP contribution in [0.1, 0.15) is 20.3 Å². The molecular weight excluding hydrogens is 165 g/mol. The number of halogens is 3. The van der Waals surface area contributed by atoms with Gasteiger partial charge in [-0.2, -0.15) is 13.2 Å². The average Bonchev–Trinajstić information content (AvgIpc) is 1.82. The van der Waals surface area contributed by atoms with Crippen LogP contribution in [-0.2, 0) is 0 Å². The number of rotatable bonds is 0. The first kappa shape index (κ1) is 9.62. The molecule has 70 valence electrons. The van der Waals surface area contributed by atoms with E-state index in [-0.39, 0.29) is 11.8 Å². The van der Waals surface area contributed by atoms with Crippen LogP contribution in [0, 0.1) is 17.8 Å². The first-order valence-corrected chi connectivity index (χ1v) is 4.16. The first-order chi connectivity index (χ1) is 5.43. The van der Waals surface area contributed by atoms with E-state index in [1.165, 1.54) is 0 Å². The van der Waals surface area contributed by atoms with E-state index in [4.69, 9.17) is 0 Å². The van der Waals surface area contributed by atoms with E-state index in [9.17, 15) is 13.2 Å². The van der Waals surface area contributed by atoms with Gasteiger partial charge in [0.25, 0.3) is 0 Å². The second kappa shape index (κ2) is 3.11. The number of allylic oxidation sites excluding steroid dienone is 2. The summed E-state index contributed by atoms with van der Waals surface area (Å²) in [7, 11) is 0. The van der Waals surface area contributed by atoms with Gasteiger partial charge in [-0.05, 0) is 18.3 Å². The van der Waals surface area contributed by atoms with E-state index in [0.29, 0.717) is 6.42 Å². The van der Waals surface area contributed by atoms with Crippen LogP contribution in [0.5, 0.6) is 0 Å². The summed E-state index contributed by atoms with van der Waals surface area (Å²) in [5.74, 6) is -1.79. The van der Waals surface area contributed by atoms with Crippen LogP contribution in [0.3, 0.4) is 0 Å². The Labute approximate surface area is 70.5 Å². The molecule has 0 aromatic heterocycles. The molecule has 0 aromatic rings. The van der Waals surface area contributed by atoms with Crippen molar-refractivity contribution in [2.45, 2.75) is 26.4 Å². The van der Waals surface area contributed by atoms with Crippen molar-refractivity contribution in [3.8, 4) is 0 Å². The molecule has 0 nitrogen and oxygen atoms in total. The predicted octanol–water partition coefficient (Wildman–Crippen LogP) is 3.40. The Balaban J connectivity index is 2.80. The molecule has 0 aromatic carbocycles. The molecule has 0 fully saturated rings. The van der Waals surface area contributed by atoms with Crippen molar-refractivity contribution in [1.29, 1.82) is 0 Å². The second-order valence-electron chi connectivity index (χ2n) is 3.57. The Morgan fingerprint density at radius 1 is 1.25 bits per heavy atom. The van der Waals surface area contributed by atoms with Gasteiger partial charge in [0.15, 0.2) is 0 Å². The molecule has 0 saturated heterocycles. The smallest absolute Gasteiger partial charge is 0.171 e. The zero-order valence-electron chi connectivity index (χ0n) is 7.23. The maximum atomic E-state index is 12.4. The van der Waals surface area contributed by atoms with Crippen molar-refractivity contribution in [3.63, 3.8) is 0 Å². The lowest BCUT2D eigenvalue weighted by atomic mass is 9.77. The summed E-state index contributed by atoms with van der Waals surface area (Å²) in [5, 5.41) is 0. The van der Waals surface area contributed by atoms with E-state index < -0.39 is 12.1 Å². The Morgan fingerprint density at radius 3 is 2.17 bits per heavy atom. The van der Waals surface area contributed by atoms with Gasteiger partial charge in [0.2, 0.25) is 0 Å². The van der Waals surface area contributed by atoms with Crippen LogP contribution >= 0.6 is 0 Å². The number of hydrogen-bond donors (Lipinski definition) is 0. The fraction of sp³-hybridized carbons (Fsp3) is 0.778. The topological polar surface area (TPSA) is 0 Å². The van der Waals surface area contributed by atoms with Gasteiger partial charge >= 0.3 is 6.18 Å². The van der Waals surface area contributed by atoms with Crippen LogP contribution < -0.4 is 0 Å². The lowest BCUT2D eigenvalue weighted by molar-refractivity contribution is -0.197. The molecule has 0 bridgehead atoms. The minimum absolute atomic E-state index is 0.273. The van der Waals surface area contributed by atoms with Crippen LogP contribution in [0.25, 0.3) is 0 Å². The Bertz CT molecular complexity index is 181. The van der Waals surface area contributed by atoms with E-state index >= 15 is 0 Å². The van der Waals surface area contributed by atoms with Crippen LogP contribution in [0.4, 0.5) is 13.2 Å². The maximum absolute atomic E-state index is 12.4. The third kappa shape index (κ3) is 1.82. The molecule has 3 heteroatoms. The molecule has 1 aliphatic rings. The van der Waals surface area contributed by atoms with Crippen molar-refractivity contribution < 1.29 is 13.2 Å². The minimum atomic E-state index is -4.04. The van der Waals surface area contributed by atoms with Crippen molar-refractivity contribution in [2.75, 3.05) is 0 Å². The Morgan fingerprint density at radius 2 is 1.83 bits per heavy atom. The molecule has 0 spiro atoms. The molecular formula is C9H13F3. The van der Waals surface area contributed by atoms with Gasteiger partial charge in [-0.25, -0.2) is 0 Å². The summed E-state index contributed by atoms with van der Waals surface area (Å²) in [4.78, 5) is 0. The standard InChI is InChI=1S/C9H13F3/c1-6-4-3-5-7(2)8(6)9(10,11)12/h3-4,6-8H,5H2,1-2H3. The minimum Gasteiger partial charge on any atom is -0.171 e. The average molecular weight is 178 g/mol. The Kier molecular flexibility index (Phi) is 2.49. The summed E-state index contributed by atoms with van der Waals surface area (Å²) < 4.78 is 37.2. The molecule has 0 saturated carbocycles.